The molecule has 6 rings (SSSR count). The lowest BCUT2D eigenvalue weighted by molar-refractivity contribution is 0.0971. The first-order valence-corrected chi connectivity index (χ1v) is 11.2. The van der Waals surface area contributed by atoms with Gasteiger partial charge in [-0.3, -0.25) is 19.5 Å². The average molecular weight is 441 g/mol. The first kappa shape index (κ1) is 20.1. The van der Waals surface area contributed by atoms with Crippen LogP contribution in [-0.4, -0.2) is 41.5 Å². The summed E-state index contributed by atoms with van der Waals surface area (Å²) in [6.07, 6.45) is 2.02. The summed E-state index contributed by atoms with van der Waals surface area (Å²) < 4.78 is 6.01. The second-order valence-corrected chi connectivity index (χ2v) is 8.90. The van der Waals surface area contributed by atoms with Crippen molar-refractivity contribution in [2.45, 2.75) is 32.2 Å². The van der Waals surface area contributed by atoms with Crippen molar-refractivity contribution in [3.05, 3.63) is 88.2 Å². The SMILES string of the molecule is Cc1cccc2c1C1OC1N(c1ccc(NC(=O)c3ccccn3)c3c1CN(C)CC3)C2=O. The summed E-state index contributed by atoms with van der Waals surface area (Å²) in [5, 5.41) is 3.03. The van der Waals surface area contributed by atoms with Crippen LogP contribution < -0.4 is 10.2 Å². The molecule has 1 fully saturated rings. The number of likely N-dealkylation sites (N-methyl/N-ethyl adjacent to an activating group) is 1. The first-order valence-electron chi connectivity index (χ1n) is 11.2. The van der Waals surface area contributed by atoms with Gasteiger partial charge in [0, 0.05) is 36.1 Å². The Bertz CT molecular complexity index is 1290. The van der Waals surface area contributed by atoms with Gasteiger partial charge in [0.05, 0.1) is 5.69 Å². The van der Waals surface area contributed by atoms with Crippen LogP contribution >= 0.6 is 0 Å². The summed E-state index contributed by atoms with van der Waals surface area (Å²) in [6.45, 7) is 3.59. The van der Waals surface area contributed by atoms with Crippen molar-refractivity contribution in [2.24, 2.45) is 0 Å². The summed E-state index contributed by atoms with van der Waals surface area (Å²) in [4.78, 5) is 34.5. The minimum atomic E-state index is -0.281. The Balaban J connectivity index is 1.40. The van der Waals surface area contributed by atoms with E-state index in [1.807, 2.05) is 37.3 Å². The largest absolute Gasteiger partial charge is 0.342 e. The Hall–Kier alpha value is -3.55. The van der Waals surface area contributed by atoms with Crippen molar-refractivity contribution >= 4 is 23.2 Å². The molecule has 2 unspecified atom stereocenters. The molecular weight excluding hydrogens is 416 g/mol. The van der Waals surface area contributed by atoms with Crippen molar-refractivity contribution in [1.29, 1.82) is 0 Å². The van der Waals surface area contributed by atoms with Crippen LogP contribution in [0.25, 0.3) is 0 Å². The van der Waals surface area contributed by atoms with Crippen LogP contribution in [0.4, 0.5) is 11.4 Å². The fourth-order valence-electron chi connectivity index (χ4n) is 5.07. The van der Waals surface area contributed by atoms with Gasteiger partial charge >= 0.3 is 0 Å². The van der Waals surface area contributed by atoms with E-state index in [2.05, 4.69) is 22.2 Å². The molecule has 3 aromatic rings. The number of fused-ring (bicyclic) bond motifs is 4. The van der Waals surface area contributed by atoms with Crippen molar-refractivity contribution < 1.29 is 14.3 Å². The summed E-state index contributed by atoms with van der Waals surface area (Å²) >= 11 is 0. The zero-order valence-corrected chi connectivity index (χ0v) is 18.5. The highest BCUT2D eigenvalue weighted by atomic mass is 16.6. The average Bonchev–Trinajstić information content (AvgIpc) is 3.61. The third kappa shape index (κ3) is 3.23. The van der Waals surface area contributed by atoms with Gasteiger partial charge in [0.15, 0.2) is 6.23 Å². The van der Waals surface area contributed by atoms with Crippen LogP contribution in [0.2, 0.25) is 0 Å². The molecule has 4 heterocycles. The molecule has 166 valence electrons. The molecule has 1 saturated heterocycles. The summed E-state index contributed by atoms with van der Waals surface area (Å²) in [5.41, 5.74) is 6.92. The van der Waals surface area contributed by atoms with Crippen molar-refractivity contribution in [2.75, 3.05) is 23.8 Å². The topological polar surface area (TPSA) is 78.1 Å². The molecular formula is C26H24N4O3. The number of aromatic nitrogens is 1. The predicted octanol–water partition coefficient (Wildman–Crippen LogP) is 3.69. The van der Waals surface area contributed by atoms with Gasteiger partial charge in [0.2, 0.25) is 0 Å². The third-order valence-corrected chi connectivity index (χ3v) is 6.76. The van der Waals surface area contributed by atoms with Gasteiger partial charge in [-0.05, 0) is 67.4 Å². The van der Waals surface area contributed by atoms with Crippen LogP contribution in [0.15, 0.2) is 54.7 Å². The normalized spacial score (nSPS) is 21.2. The second-order valence-electron chi connectivity index (χ2n) is 8.90. The molecule has 0 spiro atoms. The van der Waals surface area contributed by atoms with Gasteiger partial charge in [0.25, 0.3) is 11.8 Å². The van der Waals surface area contributed by atoms with E-state index in [1.54, 1.807) is 29.3 Å². The Morgan fingerprint density at radius 1 is 1.12 bits per heavy atom. The fourth-order valence-corrected chi connectivity index (χ4v) is 5.07. The number of epoxide rings is 1. The number of anilines is 2. The highest BCUT2D eigenvalue weighted by molar-refractivity contribution is 6.10. The highest BCUT2D eigenvalue weighted by Crippen LogP contribution is 2.51. The maximum absolute atomic E-state index is 13.6. The first-order chi connectivity index (χ1) is 16.0. The molecule has 3 aliphatic rings. The van der Waals surface area contributed by atoms with E-state index in [4.69, 9.17) is 4.74 Å². The lowest BCUT2D eigenvalue weighted by atomic mass is 9.91. The maximum Gasteiger partial charge on any atom is 0.274 e. The molecule has 1 N–H and O–H groups in total. The molecule has 0 bridgehead atoms. The van der Waals surface area contributed by atoms with Gasteiger partial charge in [0.1, 0.15) is 11.8 Å². The number of rotatable bonds is 3. The third-order valence-electron chi connectivity index (χ3n) is 6.76. The van der Waals surface area contributed by atoms with E-state index in [0.29, 0.717) is 17.8 Å². The van der Waals surface area contributed by atoms with Gasteiger partial charge in [-0.2, -0.15) is 0 Å². The Morgan fingerprint density at radius 2 is 2.00 bits per heavy atom. The van der Waals surface area contributed by atoms with Crippen molar-refractivity contribution in [1.82, 2.24) is 9.88 Å². The summed E-state index contributed by atoms with van der Waals surface area (Å²) in [5.74, 6) is -0.276. The molecule has 2 amide bonds. The minimum Gasteiger partial charge on any atom is -0.342 e. The van der Waals surface area contributed by atoms with E-state index in [0.717, 1.165) is 46.6 Å². The smallest absolute Gasteiger partial charge is 0.274 e. The highest BCUT2D eigenvalue weighted by Gasteiger charge is 2.54. The van der Waals surface area contributed by atoms with E-state index in [1.165, 1.54) is 0 Å². The van der Waals surface area contributed by atoms with Crippen molar-refractivity contribution in [3.63, 3.8) is 0 Å². The van der Waals surface area contributed by atoms with E-state index in [-0.39, 0.29) is 24.1 Å². The molecule has 7 heteroatoms. The Morgan fingerprint density at radius 3 is 2.82 bits per heavy atom. The molecule has 7 nitrogen and oxygen atoms in total. The number of carbonyl (C=O) groups excluding carboxylic acids is 2. The molecule has 0 aliphatic carbocycles. The number of hydrogen-bond acceptors (Lipinski definition) is 5. The molecule has 0 saturated carbocycles. The standard InChI is InChI=1S/C26H24N4O3/c1-15-6-5-7-17-22(15)23-26(33-23)30(25(17)32)21-10-9-19(16-11-13-29(2)14-18(16)21)28-24(31)20-8-3-4-12-27-20/h3-10,12,23,26H,11,13-14H2,1-2H3,(H,28,31). The molecule has 3 aliphatic heterocycles. The van der Waals surface area contributed by atoms with Gasteiger partial charge < -0.3 is 15.0 Å². The van der Waals surface area contributed by atoms with E-state index >= 15 is 0 Å². The van der Waals surface area contributed by atoms with E-state index < -0.39 is 0 Å². The summed E-state index contributed by atoms with van der Waals surface area (Å²) in [7, 11) is 2.07. The number of ether oxygens (including phenoxy) is 1. The summed E-state index contributed by atoms with van der Waals surface area (Å²) in [6, 6.07) is 14.9. The van der Waals surface area contributed by atoms with Crippen LogP contribution in [0.5, 0.6) is 0 Å². The number of hydrogen-bond donors (Lipinski definition) is 1. The zero-order chi connectivity index (χ0) is 22.7. The molecule has 1 aromatic heterocycles. The molecule has 33 heavy (non-hydrogen) atoms. The number of carbonyl (C=O) groups is 2. The lowest BCUT2D eigenvalue weighted by Gasteiger charge is -2.33. The van der Waals surface area contributed by atoms with Crippen LogP contribution in [-0.2, 0) is 17.7 Å². The second kappa shape index (κ2) is 7.50. The quantitative estimate of drug-likeness (QED) is 0.629. The van der Waals surface area contributed by atoms with Gasteiger partial charge in [-0.25, -0.2) is 0 Å². The predicted molar refractivity (Wildman–Crippen MR) is 124 cm³/mol. The van der Waals surface area contributed by atoms with Crippen molar-refractivity contribution in [3.8, 4) is 0 Å². The lowest BCUT2D eigenvalue weighted by Crippen LogP contribution is -2.40. The number of aryl methyl sites for hydroxylation is 1. The molecule has 2 aromatic carbocycles. The van der Waals surface area contributed by atoms with Gasteiger partial charge in [-0.15, -0.1) is 0 Å². The number of nitrogens with one attached hydrogen (secondary N) is 1. The van der Waals surface area contributed by atoms with Crippen LogP contribution in [0.3, 0.4) is 0 Å². The van der Waals surface area contributed by atoms with Crippen LogP contribution in [0.1, 0.15) is 49.2 Å². The molecule has 0 radical (unpaired) electrons. The Kier molecular flexibility index (Phi) is 4.57. The Labute approximate surface area is 192 Å². The number of benzene rings is 2. The van der Waals surface area contributed by atoms with Crippen LogP contribution in [0, 0.1) is 6.92 Å². The molecule has 2 atom stereocenters. The monoisotopic (exact) mass is 440 g/mol. The minimum absolute atomic E-state index is 0.0341. The number of nitrogens with zero attached hydrogens (tertiary/aromatic N) is 3. The fraction of sp³-hybridized carbons (Fsp3) is 0.269. The zero-order valence-electron chi connectivity index (χ0n) is 18.5. The van der Waals surface area contributed by atoms with E-state index in [9.17, 15) is 9.59 Å². The number of pyridine rings is 1. The van der Waals surface area contributed by atoms with Gasteiger partial charge in [-0.1, -0.05) is 18.2 Å². The maximum atomic E-state index is 13.6. The number of amides is 2.